The van der Waals surface area contributed by atoms with Gasteiger partial charge in [0.15, 0.2) is 0 Å². The number of hydrogen-bond donors (Lipinski definition) is 2. The van der Waals surface area contributed by atoms with Crippen LogP contribution in [0.1, 0.15) is 33.1 Å². The van der Waals surface area contributed by atoms with Gasteiger partial charge < -0.3 is 20.4 Å². The van der Waals surface area contributed by atoms with Crippen molar-refractivity contribution < 1.29 is 9.59 Å². The van der Waals surface area contributed by atoms with Crippen molar-refractivity contribution in [1.82, 2.24) is 20.4 Å². The Hall–Kier alpha value is -1.30. The quantitative estimate of drug-likeness (QED) is 0.765. The Kier molecular flexibility index (Phi) is 7.50. The Morgan fingerprint density at radius 3 is 2.38 bits per heavy atom. The number of likely N-dealkylation sites (tertiary alicyclic amines) is 1. The van der Waals surface area contributed by atoms with Crippen molar-refractivity contribution in [3.63, 3.8) is 0 Å². The Morgan fingerprint density at radius 2 is 1.86 bits per heavy atom. The predicted molar refractivity (Wildman–Crippen MR) is 84.1 cm³/mol. The predicted octanol–water partition coefficient (Wildman–Crippen LogP) is 0.884. The van der Waals surface area contributed by atoms with Gasteiger partial charge in [-0.15, -0.1) is 0 Å². The zero-order valence-corrected chi connectivity index (χ0v) is 13.8. The highest BCUT2D eigenvalue weighted by Crippen LogP contribution is 2.11. The van der Waals surface area contributed by atoms with Crippen LogP contribution in [0.4, 0.5) is 4.79 Å². The first-order chi connectivity index (χ1) is 9.90. The maximum absolute atomic E-state index is 11.8. The normalized spacial score (nSPS) is 16.1. The second-order valence-electron chi connectivity index (χ2n) is 6.34. The number of carbonyl (C=O) groups is 2. The summed E-state index contributed by atoms with van der Waals surface area (Å²) in [5.41, 5.74) is 0. The van der Waals surface area contributed by atoms with E-state index in [1.165, 1.54) is 0 Å². The van der Waals surface area contributed by atoms with Gasteiger partial charge in [0.05, 0.1) is 0 Å². The van der Waals surface area contributed by atoms with Gasteiger partial charge in [-0.05, 0) is 18.8 Å². The van der Waals surface area contributed by atoms with Gasteiger partial charge >= 0.3 is 6.03 Å². The second kappa shape index (κ2) is 8.87. The van der Waals surface area contributed by atoms with E-state index in [2.05, 4.69) is 24.5 Å². The number of nitrogens with zero attached hydrogens (tertiary/aromatic N) is 2. The average molecular weight is 298 g/mol. The van der Waals surface area contributed by atoms with E-state index >= 15 is 0 Å². The summed E-state index contributed by atoms with van der Waals surface area (Å²) in [5, 5.41) is 6.33. The van der Waals surface area contributed by atoms with Crippen molar-refractivity contribution in [2.75, 3.05) is 40.3 Å². The van der Waals surface area contributed by atoms with E-state index < -0.39 is 0 Å². The molecule has 0 aromatic carbocycles. The molecule has 0 aliphatic carbocycles. The lowest BCUT2D eigenvalue weighted by atomic mass is 10.1. The summed E-state index contributed by atoms with van der Waals surface area (Å²) in [5.74, 6) is 0.594. The molecule has 0 unspecified atom stereocenters. The van der Waals surface area contributed by atoms with E-state index in [9.17, 15) is 9.59 Å². The third-order valence-electron chi connectivity index (χ3n) is 3.64. The van der Waals surface area contributed by atoms with Crippen LogP contribution < -0.4 is 10.6 Å². The minimum absolute atomic E-state index is 0.0847. The molecule has 0 spiro atoms. The number of piperidine rings is 1. The van der Waals surface area contributed by atoms with E-state index in [1.807, 2.05) is 4.90 Å². The van der Waals surface area contributed by atoms with Crippen LogP contribution in [0, 0.1) is 5.92 Å². The van der Waals surface area contributed by atoms with Gasteiger partial charge in [0, 0.05) is 52.7 Å². The van der Waals surface area contributed by atoms with E-state index in [-0.39, 0.29) is 11.9 Å². The van der Waals surface area contributed by atoms with E-state index in [0.29, 0.717) is 24.9 Å². The van der Waals surface area contributed by atoms with Crippen LogP contribution in [0.2, 0.25) is 0 Å². The summed E-state index contributed by atoms with van der Waals surface area (Å²) in [6, 6.07) is 0.496. The molecule has 1 aliphatic heterocycles. The van der Waals surface area contributed by atoms with E-state index in [0.717, 1.165) is 32.5 Å². The van der Waals surface area contributed by atoms with Crippen molar-refractivity contribution >= 4 is 11.9 Å². The van der Waals surface area contributed by atoms with Crippen LogP contribution >= 0.6 is 0 Å². The fourth-order valence-corrected chi connectivity index (χ4v) is 2.35. The molecular formula is C15H30N4O2. The largest absolute Gasteiger partial charge is 0.356 e. The number of rotatable bonds is 6. The Bertz CT molecular complexity index is 337. The zero-order chi connectivity index (χ0) is 15.8. The molecule has 1 aliphatic rings. The maximum Gasteiger partial charge on any atom is 0.319 e. The topological polar surface area (TPSA) is 64.7 Å². The minimum atomic E-state index is 0.0847. The first-order valence-corrected chi connectivity index (χ1v) is 7.86. The number of nitrogens with one attached hydrogen (secondary N) is 2. The van der Waals surface area contributed by atoms with Crippen LogP contribution in [-0.2, 0) is 4.79 Å². The van der Waals surface area contributed by atoms with Crippen LogP contribution in [0.5, 0.6) is 0 Å². The molecule has 0 aromatic heterocycles. The number of urea groups is 1. The van der Waals surface area contributed by atoms with Crippen molar-refractivity contribution in [2.45, 2.75) is 39.2 Å². The molecule has 122 valence electrons. The Labute approximate surface area is 128 Å². The molecule has 3 amide bonds. The standard InChI is InChI=1S/C15H30N4O2/c1-12(2)11-17-14(20)5-8-16-13-6-9-19(10-7-13)15(21)18(3)4/h12-13,16H,5-11H2,1-4H3,(H,17,20). The van der Waals surface area contributed by atoms with Crippen LogP contribution in [0.25, 0.3) is 0 Å². The lowest BCUT2D eigenvalue weighted by Crippen LogP contribution is -2.48. The molecule has 6 heteroatoms. The van der Waals surface area contributed by atoms with E-state index in [4.69, 9.17) is 0 Å². The van der Waals surface area contributed by atoms with Gasteiger partial charge in [-0.25, -0.2) is 4.79 Å². The van der Waals surface area contributed by atoms with Crippen LogP contribution in [-0.4, -0.2) is 68.1 Å². The molecule has 1 rings (SSSR count). The van der Waals surface area contributed by atoms with Crippen LogP contribution in [0.3, 0.4) is 0 Å². The lowest BCUT2D eigenvalue weighted by Gasteiger charge is -2.34. The summed E-state index contributed by atoms with van der Waals surface area (Å²) in [6.07, 6.45) is 2.42. The molecule has 2 N–H and O–H groups in total. The summed E-state index contributed by atoms with van der Waals surface area (Å²) < 4.78 is 0. The second-order valence-corrected chi connectivity index (χ2v) is 6.34. The zero-order valence-electron chi connectivity index (χ0n) is 13.8. The summed E-state index contributed by atoms with van der Waals surface area (Å²) in [6.45, 7) is 7.19. The van der Waals surface area contributed by atoms with Crippen molar-refractivity contribution in [3.05, 3.63) is 0 Å². The molecular weight excluding hydrogens is 268 g/mol. The van der Waals surface area contributed by atoms with Gasteiger partial charge in [0.2, 0.25) is 5.91 Å². The first kappa shape index (κ1) is 17.8. The number of hydrogen-bond acceptors (Lipinski definition) is 3. The molecule has 6 nitrogen and oxygen atoms in total. The molecule has 1 heterocycles. The fraction of sp³-hybridized carbons (Fsp3) is 0.867. The van der Waals surface area contributed by atoms with Crippen LogP contribution in [0.15, 0.2) is 0 Å². The highest BCUT2D eigenvalue weighted by Gasteiger charge is 2.23. The minimum Gasteiger partial charge on any atom is -0.356 e. The number of carbonyl (C=O) groups excluding carboxylic acids is 2. The van der Waals surface area contributed by atoms with Gasteiger partial charge in [-0.3, -0.25) is 4.79 Å². The van der Waals surface area contributed by atoms with E-state index in [1.54, 1.807) is 19.0 Å². The maximum atomic E-state index is 11.8. The molecule has 0 aromatic rings. The monoisotopic (exact) mass is 298 g/mol. The molecule has 0 atom stereocenters. The highest BCUT2D eigenvalue weighted by molar-refractivity contribution is 5.76. The molecule has 21 heavy (non-hydrogen) atoms. The molecule has 0 radical (unpaired) electrons. The summed E-state index contributed by atoms with van der Waals surface area (Å²) in [4.78, 5) is 26.9. The van der Waals surface area contributed by atoms with Crippen molar-refractivity contribution in [3.8, 4) is 0 Å². The highest BCUT2D eigenvalue weighted by atomic mass is 16.2. The first-order valence-electron chi connectivity index (χ1n) is 7.86. The molecule has 1 fully saturated rings. The average Bonchev–Trinajstić information content (AvgIpc) is 2.45. The number of amides is 3. The van der Waals surface area contributed by atoms with Gasteiger partial charge in [-0.1, -0.05) is 13.8 Å². The molecule has 0 saturated carbocycles. The summed E-state index contributed by atoms with van der Waals surface area (Å²) >= 11 is 0. The third kappa shape index (κ3) is 6.80. The third-order valence-corrected chi connectivity index (χ3v) is 3.64. The molecule has 0 bridgehead atoms. The Balaban J connectivity index is 2.13. The lowest BCUT2D eigenvalue weighted by molar-refractivity contribution is -0.121. The van der Waals surface area contributed by atoms with Gasteiger partial charge in [-0.2, -0.15) is 0 Å². The van der Waals surface area contributed by atoms with Crippen molar-refractivity contribution in [1.29, 1.82) is 0 Å². The van der Waals surface area contributed by atoms with Crippen molar-refractivity contribution in [2.24, 2.45) is 5.92 Å². The fourth-order valence-electron chi connectivity index (χ4n) is 2.35. The van der Waals surface area contributed by atoms with Gasteiger partial charge in [0.1, 0.15) is 0 Å². The summed E-state index contributed by atoms with van der Waals surface area (Å²) in [7, 11) is 3.56. The van der Waals surface area contributed by atoms with Gasteiger partial charge in [0.25, 0.3) is 0 Å². The smallest absolute Gasteiger partial charge is 0.319 e. The molecule has 1 saturated heterocycles. The SMILES string of the molecule is CC(C)CNC(=O)CCNC1CCN(C(=O)N(C)C)CC1. The Morgan fingerprint density at radius 1 is 1.24 bits per heavy atom.